The molecule has 7 heteroatoms. The molecule has 67 heavy (non-hydrogen) atoms. The summed E-state index contributed by atoms with van der Waals surface area (Å²) >= 11 is 0. The molecule has 0 fully saturated rings. The number of alkyl halides is 3. The first kappa shape index (κ1) is 38.8. The average molecular weight is 869 g/mol. The third-order valence-electron chi connectivity index (χ3n) is 13.3. The van der Waals surface area contributed by atoms with Gasteiger partial charge < -0.3 is 4.57 Å². The van der Waals surface area contributed by atoms with Crippen molar-refractivity contribution >= 4 is 75.9 Å². The largest absolute Gasteiger partial charge is 0.416 e. The van der Waals surface area contributed by atoms with Crippen LogP contribution in [0.1, 0.15) is 5.56 Å². The normalized spacial score (nSPS) is 12.1. The molecule has 0 saturated carbocycles. The van der Waals surface area contributed by atoms with Crippen molar-refractivity contribution in [3.8, 4) is 50.5 Å². The van der Waals surface area contributed by atoms with Crippen molar-refractivity contribution in [3.05, 3.63) is 218 Å². The zero-order valence-electron chi connectivity index (χ0n) is 35.6. The summed E-state index contributed by atoms with van der Waals surface area (Å²) in [6.07, 6.45) is -0.754. The fourth-order valence-electron chi connectivity index (χ4n) is 10.1. The maximum absolute atomic E-state index is 13.6. The van der Waals surface area contributed by atoms with Gasteiger partial charge in [0.1, 0.15) is 0 Å². The second-order valence-corrected chi connectivity index (χ2v) is 17.1. The number of aromatic nitrogens is 4. The Labute approximate surface area is 381 Å². The summed E-state index contributed by atoms with van der Waals surface area (Å²) in [6.45, 7) is 0. The smallest absolute Gasteiger partial charge is 0.309 e. The number of halogens is 3. The van der Waals surface area contributed by atoms with Gasteiger partial charge in [-0.05, 0) is 121 Å². The van der Waals surface area contributed by atoms with E-state index in [4.69, 9.17) is 15.0 Å². The monoisotopic (exact) mass is 868 g/mol. The van der Waals surface area contributed by atoms with Gasteiger partial charge in [0.15, 0.2) is 0 Å². The minimum Gasteiger partial charge on any atom is -0.309 e. The molecular weight excluding hydrogens is 834 g/mol. The molecule has 0 aliphatic rings. The van der Waals surface area contributed by atoms with E-state index in [0.717, 1.165) is 139 Å². The Balaban J connectivity index is 1.13. The van der Waals surface area contributed by atoms with Crippen LogP contribution in [0.15, 0.2) is 213 Å². The first-order chi connectivity index (χ1) is 32.8. The summed E-state index contributed by atoms with van der Waals surface area (Å²) in [6, 6.07) is 66.8. The highest BCUT2D eigenvalue weighted by Gasteiger charge is 2.30. The minimum absolute atomic E-state index is 0.667. The SMILES string of the molecule is FC(F)(F)c1ccc(-c2ccc3c(c2)c2ccccc2c2cc4c5cc(-c6ccccc6)ccc5n(-c5cc(-c6cccc7cccnc67)nc(-c6cccc7cccnc67)c5)c4cc32)cc1. The number of benzene rings is 9. The Morgan fingerprint density at radius 1 is 0.358 bits per heavy atom. The van der Waals surface area contributed by atoms with E-state index in [1.807, 2.05) is 42.7 Å². The summed E-state index contributed by atoms with van der Waals surface area (Å²) in [4.78, 5) is 15.2. The van der Waals surface area contributed by atoms with Gasteiger partial charge in [0, 0.05) is 45.1 Å². The molecule has 0 aliphatic heterocycles. The van der Waals surface area contributed by atoms with Crippen molar-refractivity contribution in [3.63, 3.8) is 0 Å². The Morgan fingerprint density at radius 3 is 1.51 bits per heavy atom. The molecule has 0 saturated heterocycles. The van der Waals surface area contributed by atoms with Crippen molar-refractivity contribution in [1.29, 1.82) is 0 Å². The molecule has 0 spiro atoms. The zero-order chi connectivity index (χ0) is 44.8. The maximum atomic E-state index is 13.6. The highest BCUT2D eigenvalue weighted by Crippen LogP contribution is 2.44. The van der Waals surface area contributed by atoms with E-state index in [1.54, 1.807) is 12.1 Å². The predicted octanol–water partition coefficient (Wildman–Crippen LogP) is 16.4. The number of hydrogen-bond acceptors (Lipinski definition) is 3. The number of para-hydroxylation sites is 2. The topological polar surface area (TPSA) is 43.6 Å². The van der Waals surface area contributed by atoms with E-state index in [9.17, 15) is 13.2 Å². The highest BCUT2D eigenvalue weighted by atomic mass is 19.4. The van der Waals surface area contributed by atoms with E-state index in [0.29, 0.717) is 0 Å². The molecule has 13 aromatic rings. The predicted molar refractivity (Wildman–Crippen MR) is 268 cm³/mol. The van der Waals surface area contributed by atoms with Gasteiger partial charge in [0.25, 0.3) is 0 Å². The lowest BCUT2D eigenvalue weighted by atomic mass is 9.91. The van der Waals surface area contributed by atoms with Crippen molar-refractivity contribution < 1.29 is 13.2 Å². The third-order valence-corrected chi connectivity index (χ3v) is 13.3. The van der Waals surface area contributed by atoms with Crippen LogP contribution in [0.2, 0.25) is 0 Å². The van der Waals surface area contributed by atoms with Crippen LogP contribution in [0.3, 0.4) is 0 Å². The molecule has 0 atom stereocenters. The van der Waals surface area contributed by atoms with E-state index < -0.39 is 11.7 Å². The van der Waals surface area contributed by atoms with E-state index in [2.05, 4.69) is 150 Å². The van der Waals surface area contributed by atoms with Crippen LogP contribution in [-0.4, -0.2) is 19.5 Å². The van der Waals surface area contributed by atoms with Crippen LogP contribution in [0.25, 0.3) is 126 Å². The second kappa shape index (κ2) is 14.9. The summed E-state index contributed by atoms with van der Waals surface area (Å²) in [5.74, 6) is 0. The average Bonchev–Trinajstić information content (AvgIpc) is 3.70. The van der Waals surface area contributed by atoms with Gasteiger partial charge in [-0.1, -0.05) is 133 Å². The summed E-state index contributed by atoms with van der Waals surface area (Å²) in [5.41, 5.74) is 11.3. The van der Waals surface area contributed by atoms with Crippen molar-refractivity contribution in [2.75, 3.05) is 0 Å². The van der Waals surface area contributed by atoms with Gasteiger partial charge in [-0.2, -0.15) is 13.2 Å². The van der Waals surface area contributed by atoms with Crippen molar-refractivity contribution in [1.82, 2.24) is 19.5 Å². The van der Waals surface area contributed by atoms with Crippen LogP contribution in [-0.2, 0) is 6.18 Å². The Kier molecular flexibility index (Phi) is 8.64. The standard InChI is InChI=1S/C60H35F3N4/c61-60(62,63)42-24-20-37(21-25-42)40-22-26-46-49(30-40)44-16-4-5-17-45(44)50-34-53-52-31-41(36-10-2-1-3-11-36)23-27-56(52)67(57(53)35-51(46)50)43-32-54(47-18-6-12-38-14-8-28-64-58(38)47)66-55(33-43)48-19-7-13-39-15-9-29-65-59(39)48/h1-35H. The molecule has 4 heterocycles. The van der Waals surface area contributed by atoms with Gasteiger partial charge in [0.05, 0.1) is 44.7 Å². The van der Waals surface area contributed by atoms with E-state index >= 15 is 0 Å². The Morgan fingerprint density at radius 2 is 0.866 bits per heavy atom. The summed E-state index contributed by atoms with van der Waals surface area (Å²) in [7, 11) is 0. The quantitative estimate of drug-likeness (QED) is 0.162. The van der Waals surface area contributed by atoms with E-state index in [1.165, 1.54) is 0 Å². The lowest BCUT2D eigenvalue weighted by Gasteiger charge is -2.16. The summed E-state index contributed by atoms with van der Waals surface area (Å²) < 4.78 is 43.1. The fourth-order valence-corrected chi connectivity index (χ4v) is 10.1. The van der Waals surface area contributed by atoms with Gasteiger partial charge in [0.2, 0.25) is 0 Å². The number of nitrogens with zero attached hydrogens (tertiary/aromatic N) is 4. The molecule has 9 aromatic carbocycles. The van der Waals surface area contributed by atoms with Crippen LogP contribution in [0.5, 0.6) is 0 Å². The fraction of sp³-hybridized carbons (Fsp3) is 0.0167. The molecule has 0 amide bonds. The molecule has 0 aliphatic carbocycles. The van der Waals surface area contributed by atoms with Gasteiger partial charge in [-0.3, -0.25) is 9.97 Å². The number of rotatable bonds is 5. The maximum Gasteiger partial charge on any atom is 0.416 e. The van der Waals surface area contributed by atoms with Gasteiger partial charge in [-0.25, -0.2) is 4.98 Å². The van der Waals surface area contributed by atoms with E-state index in [-0.39, 0.29) is 0 Å². The van der Waals surface area contributed by atoms with Crippen LogP contribution in [0, 0.1) is 0 Å². The van der Waals surface area contributed by atoms with Gasteiger partial charge >= 0.3 is 6.18 Å². The molecule has 0 unspecified atom stereocenters. The molecule has 0 bridgehead atoms. The lowest BCUT2D eigenvalue weighted by Crippen LogP contribution is -2.03. The number of fused-ring (bicyclic) bond motifs is 11. The molecule has 4 aromatic heterocycles. The molecule has 13 rings (SSSR count). The van der Waals surface area contributed by atoms with Crippen LogP contribution < -0.4 is 0 Å². The number of pyridine rings is 3. The lowest BCUT2D eigenvalue weighted by molar-refractivity contribution is -0.137. The van der Waals surface area contributed by atoms with Gasteiger partial charge in [-0.15, -0.1) is 0 Å². The first-order valence-electron chi connectivity index (χ1n) is 22.1. The molecule has 4 nitrogen and oxygen atoms in total. The van der Waals surface area contributed by atoms with Crippen LogP contribution in [0.4, 0.5) is 13.2 Å². The minimum atomic E-state index is -4.41. The first-order valence-corrected chi connectivity index (χ1v) is 22.1. The number of hydrogen-bond donors (Lipinski definition) is 0. The summed E-state index contributed by atoms with van der Waals surface area (Å²) in [5, 5.41) is 10.7. The van der Waals surface area contributed by atoms with Crippen LogP contribution >= 0.6 is 0 Å². The molecule has 0 N–H and O–H groups in total. The highest BCUT2D eigenvalue weighted by molar-refractivity contribution is 6.29. The molecule has 316 valence electrons. The second-order valence-electron chi connectivity index (χ2n) is 17.1. The Hall–Kier alpha value is -8.68. The molecular formula is C60H35F3N4. The third kappa shape index (κ3) is 6.34. The van der Waals surface area contributed by atoms with Crippen molar-refractivity contribution in [2.45, 2.75) is 6.18 Å². The zero-order valence-corrected chi connectivity index (χ0v) is 35.6. The van der Waals surface area contributed by atoms with Crippen molar-refractivity contribution in [2.24, 2.45) is 0 Å². The molecule has 0 radical (unpaired) electrons. The Bertz CT molecular complexity index is 4030.